The largest absolute Gasteiger partial charge is 0.318 e. The van der Waals surface area contributed by atoms with Crippen LogP contribution in [0.2, 0.25) is 0 Å². The van der Waals surface area contributed by atoms with Crippen LogP contribution in [-0.2, 0) is 0 Å². The lowest BCUT2D eigenvalue weighted by atomic mass is 9.88. The fourth-order valence-corrected chi connectivity index (χ4v) is 16.2. The number of hydrogen-bond acceptors (Lipinski definition) is 3. The third kappa shape index (κ3) is 7.45. The third-order valence-corrected chi connectivity index (χ3v) is 19.7. The minimum Gasteiger partial charge on any atom is -0.318 e. The van der Waals surface area contributed by atoms with E-state index in [1.54, 1.807) is 0 Å². The van der Waals surface area contributed by atoms with Gasteiger partial charge in [-0.15, -0.1) is 22.7 Å². The van der Waals surface area contributed by atoms with Gasteiger partial charge in [0.2, 0.25) is 5.69 Å². The Morgan fingerprint density at radius 1 is 0.337 bits per heavy atom. The van der Waals surface area contributed by atoms with Crippen LogP contribution >= 0.6 is 22.7 Å². The third-order valence-electron chi connectivity index (χ3n) is 17.4. The summed E-state index contributed by atoms with van der Waals surface area (Å²) in [7, 11) is 0. The Bertz CT molecular complexity index is 5420. The van der Waals surface area contributed by atoms with Crippen molar-refractivity contribution in [2.24, 2.45) is 0 Å². The molecule has 17 aromatic rings. The van der Waals surface area contributed by atoms with Crippen molar-refractivity contribution in [3.63, 3.8) is 0 Å². The van der Waals surface area contributed by atoms with Gasteiger partial charge < -0.3 is 9.13 Å². The molecular formula is C80H46N4S2. The minimum absolute atomic E-state index is 0.394. The quantitative estimate of drug-likeness (QED) is 0.140. The minimum atomic E-state index is 0.394. The van der Waals surface area contributed by atoms with Crippen LogP contribution in [0.1, 0.15) is 5.56 Å². The number of rotatable bonds is 8. The first kappa shape index (κ1) is 49.5. The second-order valence-corrected chi connectivity index (χ2v) is 24.1. The number of nitrogens with zero attached hydrogens (tertiary/aromatic N) is 4. The van der Waals surface area contributed by atoms with Gasteiger partial charge in [-0.1, -0.05) is 231 Å². The van der Waals surface area contributed by atoms with E-state index in [4.69, 9.17) is 4.85 Å². The van der Waals surface area contributed by atoms with Crippen LogP contribution in [0.3, 0.4) is 0 Å². The zero-order chi connectivity index (χ0) is 57.0. The maximum Gasteiger partial charge on any atom is 0.220 e. The summed E-state index contributed by atoms with van der Waals surface area (Å²) < 4.78 is 9.42. The van der Waals surface area contributed by atoms with Crippen molar-refractivity contribution in [1.29, 1.82) is 5.26 Å². The zero-order valence-corrected chi connectivity index (χ0v) is 47.8. The van der Waals surface area contributed by atoms with Crippen molar-refractivity contribution in [2.45, 2.75) is 0 Å². The average molecular weight is 1130 g/mol. The highest BCUT2D eigenvalue weighted by atomic mass is 32.1. The van der Waals surface area contributed by atoms with Gasteiger partial charge >= 0.3 is 0 Å². The summed E-state index contributed by atoms with van der Waals surface area (Å²) in [6, 6.07) is 102. The van der Waals surface area contributed by atoms with E-state index in [2.05, 4.69) is 276 Å². The molecule has 4 heterocycles. The molecule has 0 bridgehead atoms. The highest BCUT2D eigenvalue weighted by Gasteiger charge is 2.34. The molecule has 0 fully saturated rings. The molecule has 6 heteroatoms. The van der Waals surface area contributed by atoms with Gasteiger partial charge in [-0.3, -0.25) is 0 Å². The van der Waals surface area contributed by atoms with E-state index in [0.29, 0.717) is 28.2 Å². The van der Waals surface area contributed by atoms with Crippen molar-refractivity contribution < 1.29 is 0 Å². The molecule has 86 heavy (non-hydrogen) atoms. The van der Waals surface area contributed by atoms with Gasteiger partial charge in [-0.25, -0.2) is 4.85 Å². The van der Waals surface area contributed by atoms with Crippen LogP contribution in [-0.4, -0.2) is 9.13 Å². The van der Waals surface area contributed by atoms with E-state index in [9.17, 15) is 11.8 Å². The van der Waals surface area contributed by atoms with Crippen LogP contribution in [0.5, 0.6) is 0 Å². The van der Waals surface area contributed by atoms with Crippen molar-refractivity contribution in [3.8, 4) is 84.2 Å². The Labute approximate surface area is 503 Å². The molecule has 0 aliphatic carbocycles. The van der Waals surface area contributed by atoms with Crippen molar-refractivity contribution >= 4 is 112 Å². The zero-order valence-electron chi connectivity index (χ0n) is 46.2. The van der Waals surface area contributed by atoms with E-state index in [0.717, 1.165) is 125 Å². The first-order chi connectivity index (χ1) is 42.6. The lowest BCUT2D eigenvalue weighted by molar-refractivity contribution is 1.14. The summed E-state index contributed by atoms with van der Waals surface area (Å²) in [5.41, 5.74) is 18.2. The average Bonchev–Trinajstić information content (AvgIpc) is 1.51. The van der Waals surface area contributed by atoms with E-state index in [1.165, 1.54) is 20.2 Å². The van der Waals surface area contributed by atoms with Gasteiger partial charge in [0.25, 0.3) is 0 Å². The highest BCUT2D eigenvalue weighted by Crippen LogP contribution is 2.57. The molecule has 13 aromatic carbocycles. The fraction of sp³-hybridized carbons (Fsp3) is 0. The van der Waals surface area contributed by atoms with Gasteiger partial charge in [-0.05, 0) is 104 Å². The summed E-state index contributed by atoms with van der Waals surface area (Å²) in [5, 5.41) is 21.6. The Morgan fingerprint density at radius 3 is 1.14 bits per heavy atom. The Morgan fingerprint density at radius 2 is 0.721 bits per heavy atom. The molecule has 0 N–H and O–H groups in total. The van der Waals surface area contributed by atoms with Crippen LogP contribution in [0.25, 0.3) is 167 Å². The van der Waals surface area contributed by atoms with Crippen molar-refractivity contribution in [2.75, 3.05) is 0 Å². The molecule has 0 unspecified atom stereocenters. The molecule has 398 valence electrons. The predicted molar refractivity (Wildman–Crippen MR) is 364 cm³/mol. The summed E-state index contributed by atoms with van der Waals surface area (Å²) in [5.74, 6) is 0. The van der Waals surface area contributed by atoms with Gasteiger partial charge in [0.05, 0.1) is 55.0 Å². The molecule has 0 amide bonds. The summed E-state index contributed by atoms with van der Waals surface area (Å²) in [6.45, 7) is 9.67. The molecule has 0 aliphatic rings. The van der Waals surface area contributed by atoms with E-state index in [-0.39, 0.29) is 0 Å². The highest BCUT2D eigenvalue weighted by molar-refractivity contribution is 7.27. The van der Waals surface area contributed by atoms with E-state index < -0.39 is 0 Å². The first-order valence-corrected chi connectivity index (χ1v) is 30.5. The second-order valence-electron chi connectivity index (χ2n) is 22.0. The number of aromatic nitrogens is 2. The van der Waals surface area contributed by atoms with Crippen LogP contribution in [0, 0.1) is 17.9 Å². The molecule has 0 saturated heterocycles. The van der Waals surface area contributed by atoms with E-state index >= 15 is 0 Å². The number of thiophene rings is 2. The predicted octanol–water partition coefficient (Wildman–Crippen LogP) is 23.0. The lowest BCUT2D eigenvalue weighted by Crippen LogP contribution is -2.09. The number of fused-ring (bicyclic) bond motifs is 14. The first-order valence-electron chi connectivity index (χ1n) is 28.8. The molecule has 0 aliphatic heterocycles. The van der Waals surface area contributed by atoms with Gasteiger partial charge in [0, 0.05) is 63.6 Å². The summed E-state index contributed by atoms with van der Waals surface area (Å²) in [6.07, 6.45) is 0. The monoisotopic (exact) mass is 1130 g/mol. The molecule has 0 radical (unpaired) electrons. The van der Waals surface area contributed by atoms with E-state index in [1.807, 2.05) is 40.9 Å². The maximum absolute atomic E-state index is 12.6. The van der Waals surface area contributed by atoms with Gasteiger partial charge in [-0.2, -0.15) is 5.26 Å². The van der Waals surface area contributed by atoms with Gasteiger partial charge in [0.1, 0.15) is 6.07 Å². The topological polar surface area (TPSA) is 38.0 Å². The second kappa shape index (κ2) is 19.8. The molecule has 4 aromatic heterocycles. The number of nitriles is 1. The smallest absolute Gasteiger partial charge is 0.220 e. The molecule has 0 atom stereocenters. The Kier molecular flexibility index (Phi) is 11.4. The fourth-order valence-electron chi connectivity index (χ4n) is 13.7. The molecule has 0 spiro atoms. The molecule has 4 nitrogen and oxygen atoms in total. The van der Waals surface area contributed by atoms with Gasteiger partial charge in [0.15, 0.2) is 0 Å². The maximum atomic E-state index is 12.6. The number of benzene rings is 13. The lowest BCUT2D eigenvalue weighted by Gasteiger charge is -2.26. The SMILES string of the molecule is [C-]#[N+]c1c(-c2ccccc2)c(C#N)c(-n2c3c(cc(-c4ccccc4)c4c5ccccc5sc43)c3cc(-c4ccccc4)c4c5ccccc5sc4c32)c(-c2ccccc2)c1-n1c2ccc(-c3ccccc3)cc2c2cc(-c3ccccc3)ccc21. The van der Waals surface area contributed by atoms with Crippen LogP contribution in [0.4, 0.5) is 5.69 Å². The molecule has 17 rings (SSSR count). The normalized spacial score (nSPS) is 11.7. The summed E-state index contributed by atoms with van der Waals surface area (Å²) in [4.78, 5) is 4.71. The number of hydrogen-bond donors (Lipinski definition) is 0. The van der Waals surface area contributed by atoms with Crippen LogP contribution < -0.4 is 0 Å². The Balaban J connectivity index is 1.15. The van der Waals surface area contributed by atoms with Crippen molar-refractivity contribution in [1.82, 2.24) is 9.13 Å². The molecular weight excluding hydrogens is 1080 g/mol. The Hall–Kier alpha value is -11.1. The van der Waals surface area contributed by atoms with Crippen LogP contribution in [0.15, 0.2) is 279 Å². The molecule has 0 saturated carbocycles. The summed E-state index contributed by atoms with van der Waals surface area (Å²) >= 11 is 3.62. The standard InChI is InChI=1S/C80H46N4S2/c1-82-74-70(53-32-16-6-17-33-53)65(48-81)75(71(54-34-18-7-19-35-54)78(74)83-66-42-40-55(49-24-8-2-9-25-49)44-61(66)62-45-56(41-43-67(62)83)50-26-10-3-11-27-50)84-76-63(46-59(51-28-12-4-13-29-51)72-57-36-20-22-38-68(57)85-79(72)76)64-47-60(52-30-14-5-15-31-52)73-58-37-21-23-39-69(58)86-80(73)77(64)84/h2-47H. The van der Waals surface area contributed by atoms with Crippen molar-refractivity contribution in [3.05, 3.63) is 296 Å².